The van der Waals surface area contributed by atoms with Crippen LogP contribution in [0.15, 0.2) is 24.5 Å². The number of fused-ring (bicyclic) bond motifs is 1. The van der Waals surface area contributed by atoms with E-state index in [1.54, 1.807) is 12.4 Å². The van der Waals surface area contributed by atoms with E-state index in [9.17, 15) is 4.39 Å². The first kappa shape index (κ1) is 13.5. The minimum Gasteiger partial charge on any atom is -0.329 e. The van der Waals surface area contributed by atoms with Gasteiger partial charge in [0.1, 0.15) is 18.0 Å². The lowest BCUT2D eigenvalue weighted by atomic mass is 10.0. The molecule has 2 N–H and O–H groups in total. The Hall–Kier alpha value is -1.50. The summed E-state index contributed by atoms with van der Waals surface area (Å²) in [5, 5.41) is 8.37. The van der Waals surface area contributed by atoms with E-state index in [1.807, 2.05) is 4.57 Å². The minimum atomic E-state index is -0.342. The molecule has 0 amide bonds. The van der Waals surface area contributed by atoms with Gasteiger partial charge in [-0.2, -0.15) is 0 Å². The summed E-state index contributed by atoms with van der Waals surface area (Å²) in [4.78, 5) is 2.18. The summed E-state index contributed by atoms with van der Waals surface area (Å²) in [5.41, 5.74) is 6.68. The number of halogens is 2. The molecule has 1 aliphatic heterocycles. The van der Waals surface area contributed by atoms with Crippen molar-refractivity contribution in [3.05, 3.63) is 46.8 Å². The van der Waals surface area contributed by atoms with Crippen molar-refractivity contribution < 1.29 is 4.39 Å². The Labute approximate surface area is 121 Å². The van der Waals surface area contributed by atoms with Gasteiger partial charge in [-0.05, 0) is 23.8 Å². The number of aromatic nitrogens is 3. The van der Waals surface area contributed by atoms with Crippen LogP contribution in [0.2, 0.25) is 5.02 Å². The van der Waals surface area contributed by atoms with Gasteiger partial charge >= 0.3 is 0 Å². The zero-order valence-electron chi connectivity index (χ0n) is 10.8. The fourth-order valence-corrected chi connectivity index (χ4v) is 2.84. The van der Waals surface area contributed by atoms with Gasteiger partial charge in [0, 0.05) is 30.7 Å². The van der Waals surface area contributed by atoms with Crippen molar-refractivity contribution in [2.75, 3.05) is 13.1 Å². The number of hydrogen-bond acceptors (Lipinski definition) is 4. The maximum absolute atomic E-state index is 13.5. The highest BCUT2D eigenvalue weighted by atomic mass is 35.5. The largest absolute Gasteiger partial charge is 0.329 e. The molecule has 7 heteroatoms. The van der Waals surface area contributed by atoms with Gasteiger partial charge in [0.25, 0.3) is 0 Å². The molecular formula is C13H15ClFN5. The molecule has 5 nitrogen and oxygen atoms in total. The lowest BCUT2D eigenvalue weighted by Crippen LogP contribution is -2.39. The van der Waals surface area contributed by atoms with Crippen molar-refractivity contribution >= 4 is 11.6 Å². The summed E-state index contributed by atoms with van der Waals surface area (Å²) < 4.78 is 15.5. The maximum Gasteiger partial charge on any atom is 0.147 e. The van der Waals surface area contributed by atoms with Crippen LogP contribution in [0.5, 0.6) is 0 Å². The fraction of sp³-hybridized carbons (Fsp3) is 0.385. The highest BCUT2D eigenvalue weighted by Gasteiger charge is 2.25. The van der Waals surface area contributed by atoms with Crippen molar-refractivity contribution in [1.82, 2.24) is 19.7 Å². The summed E-state index contributed by atoms with van der Waals surface area (Å²) >= 11 is 5.93. The molecule has 2 heterocycles. The van der Waals surface area contributed by atoms with E-state index in [0.717, 1.165) is 24.5 Å². The molecule has 3 rings (SSSR count). The molecule has 1 aromatic heterocycles. The molecule has 2 aromatic rings. The third-order valence-corrected chi connectivity index (χ3v) is 3.82. The van der Waals surface area contributed by atoms with Crippen LogP contribution in [0, 0.1) is 5.82 Å². The lowest BCUT2D eigenvalue weighted by Gasteiger charge is -2.34. The molecule has 20 heavy (non-hydrogen) atoms. The maximum atomic E-state index is 13.5. The van der Waals surface area contributed by atoms with E-state index >= 15 is 0 Å². The number of nitrogens with zero attached hydrogens (tertiary/aromatic N) is 4. The van der Waals surface area contributed by atoms with E-state index in [0.29, 0.717) is 18.1 Å². The van der Waals surface area contributed by atoms with Gasteiger partial charge in [-0.15, -0.1) is 10.2 Å². The summed E-state index contributed by atoms with van der Waals surface area (Å²) in [5.74, 6) is 0.559. The molecule has 1 unspecified atom stereocenters. The zero-order chi connectivity index (χ0) is 14.1. The fourth-order valence-electron chi connectivity index (χ4n) is 2.61. The van der Waals surface area contributed by atoms with E-state index in [2.05, 4.69) is 15.1 Å². The van der Waals surface area contributed by atoms with Gasteiger partial charge in [-0.1, -0.05) is 11.6 Å². The molecular weight excluding hydrogens is 281 g/mol. The molecule has 1 aliphatic rings. The van der Waals surface area contributed by atoms with Crippen molar-refractivity contribution in [3.63, 3.8) is 0 Å². The Morgan fingerprint density at radius 3 is 2.95 bits per heavy atom. The summed E-state index contributed by atoms with van der Waals surface area (Å²) in [6, 6.07) is 4.48. The average molecular weight is 296 g/mol. The summed E-state index contributed by atoms with van der Waals surface area (Å²) in [7, 11) is 0. The van der Waals surface area contributed by atoms with E-state index < -0.39 is 0 Å². The molecule has 0 spiro atoms. The first-order chi connectivity index (χ1) is 9.67. The average Bonchev–Trinajstić information content (AvgIpc) is 2.86. The molecule has 0 saturated carbocycles. The standard InChI is InChI=1S/C13H15ClFN5/c14-10-3-9(4-11(15)5-10)12(6-16)19-1-2-20-8-17-18-13(20)7-19/h3-5,8,12H,1-2,6-7,16H2. The van der Waals surface area contributed by atoms with Crippen LogP contribution in [0.4, 0.5) is 4.39 Å². The Balaban J connectivity index is 1.87. The van der Waals surface area contributed by atoms with E-state index in [-0.39, 0.29) is 11.9 Å². The van der Waals surface area contributed by atoms with Crippen molar-refractivity contribution in [1.29, 1.82) is 0 Å². The number of hydrogen-bond donors (Lipinski definition) is 1. The van der Waals surface area contributed by atoms with Gasteiger partial charge in [0.15, 0.2) is 0 Å². The first-order valence-corrected chi connectivity index (χ1v) is 6.82. The number of benzene rings is 1. The smallest absolute Gasteiger partial charge is 0.147 e. The van der Waals surface area contributed by atoms with Crippen LogP contribution in [0.3, 0.4) is 0 Å². The van der Waals surface area contributed by atoms with Crippen LogP contribution >= 0.6 is 11.6 Å². The van der Waals surface area contributed by atoms with E-state index in [1.165, 1.54) is 12.1 Å². The third-order valence-electron chi connectivity index (χ3n) is 3.60. The predicted molar refractivity (Wildman–Crippen MR) is 73.6 cm³/mol. The summed E-state index contributed by atoms with van der Waals surface area (Å²) in [6.07, 6.45) is 1.73. The first-order valence-electron chi connectivity index (χ1n) is 6.44. The Morgan fingerprint density at radius 1 is 1.35 bits per heavy atom. The molecule has 106 valence electrons. The Kier molecular flexibility index (Phi) is 3.69. The SMILES string of the molecule is NCC(c1cc(F)cc(Cl)c1)N1CCn2cnnc2C1. The van der Waals surface area contributed by atoms with Crippen LogP contribution < -0.4 is 5.73 Å². The molecule has 0 fully saturated rings. The molecule has 1 atom stereocenters. The van der Waals surface area contributed by atoms with Gasteiger partial charge in [0.05, 0.1) is 6.54 Å². The van der Waals surface area contributed by atoms with Crippen molar-refractivity contribution in [2.24, 2.45) is 5.73 Å². The van der Waals surface area contributed by atoms with Gasteiger partial charge in [-0.25, -0.2) is 4.39 Å². The second-order valence-corrected chi connectivity index (χ2v) is 5.30. The quantitative estimate of drug-likeness (QED) is 0.934. The van der Waals surface area contributed by atoms with Crippen molar-refractivity contribution in [3.8, 4) is 0 Å². The van der Waals surface area contributed by atoms with Crippen LogP contribution in [-0.2, 0) is 13.1 Å². The van der Waals surface area contributed by atoms with Crippen LogP contribution in [0.25, 0.3) is 0 Å². The minimum absolute atomic E-state index is 0.0753. The van der Waals surface area contributed by atoms with Gasteiger partial charge in [0.2, 0.25) is 0 Å². The molecule has 0 radical (unpaired) electrons. The second-order valence-electron chi connectivity index (χ2n) is 4.87. The molecule has 0 aliphatic carbocycles. The monoisotopic (exact) mass is 295 g/mol. The lowest BCUT2D eigenvalue weighted by molar-refractivity contribution is 0.156. The summed E-state index contributed by atoms with van der Waals surface area (Å²) in [6.45, 7) is 2.67. The van der Waals surface area contributed by atoms with Gasteiger partial charge < -0.3 is 10.3 Å². The normalized spacial score (nSPS) is 16.9. The topological polar surface area (TPSA) is 60.0 Å². The van der Waals surface area contributed by atoms with Crippen LogP contribution in [0.1, 0.15) is 17.4 Å². The number of rotatable bonds is 3. The van der Waals surface area contributed by atoms with E-state index in [4.69, 9.17) is 17.3 Å². The third kappa shape index (κ3) is 2.54. The van der Waals surface area contributed by atoms with Crippen molar-refractivity contribution in [2.45, 2.75) is 19.1 Å². The molecule has 0 bridgehead atoms. The Bertz CT molecular complexity index is 594. The highest BCUT2D eigenvalue weighted by molar-refractivity contribution is 6.30. The highest BCUT2D eigenvalue weighted by Crippen LogP contribution is 2.26. The molecule has 0 saturated heterocycles. The Morgan fingerprint density at radius 2 is 2.20 bits per heavy atom. The zero-order valence-corrected chi connectivity index (χ0v) is 11.6. The second kappa shape index (κ2) is 5.47. The predicted octanol–water partition coefficient (Wildman–Crippen LogP) is 1.59. The molecule has 1 aromatic carbocycles. The van der Waals surface area contributed by atoms with Gasteiger partial charge in [-0.3, -0.25) is 4.90 Å². The van der Waals surface area contributed by atoms with Crippen LogP contribution in [-0.4, -0.2) is 32.8 Å². The number of nitrogens with two attached hydrogens (primary N) is 1.